The Kier molecular flexibility index (Phi) is 10.4. The second-order valence-electron chi connectivity index (χ2n) is 9.16. The third-order valence-corrected chi connectivity index (χ3v) is 8.64. The van der Waals surface area contributed by atoms with Gasteiger partial charge in [-0.15, -0.1) is 0 Å². The Morgan fingerprint density at radius 1 is 1.23 bits per heavy atom. The highest BCUT2D eigenvalue weighted by molar-refractivity contribution is 8.18. The number of nitrogens with one attached hydrogen (secondary N) is 2. The largest absolute Gasteiger partial charge is 0.490 e. The number of sulfonamides is 1. The number of ether oxygens (including phenoxy) is 1. The van der Waals surface area contributed by atoms with Gasteiger partial charge in [0.1, 0.15) is 0 Å². The molecule has 2 saturated heterocycles. The number of aliphatic carboxylic acids is 1. The van der Waals surface area contributed by atoms with E-state index in [0.29, 0.717) is 39.7 Å². The maximum absolute atomic E-state index is 12.7. The Morgan fingerprint density at radius 3 is 2.59 bits per heavy atom. The lowest BCUT2D eigenvalue weighted by molar-refractivity contribution is -0.192. The first-order chi connectivity index (χ1) is 20.8. The van der Waals surface area contributed by atoms with Crippen molar-refractivity contribution < 1.29 is 41.0 Å². The number of aliphatic imine (C=N–C) groups is 1. The van der Waals surface area contributed by atoms with Crippen molar-refractivity contribution in [3.8, 4) is 0 Å². The molecule has 11 nitrogen and oxygen atoms in total. The molecular formula is C27H25ClF3N5O6S2. The topological polar surface area (TPSA) is 150 Å². The molecule has 0 spiro atoms. The quantitative estimate of drug-likeness (QED) is 0.307. The van der Waals surface area contributed by atoms with Gasteiger partial charge in [-0.25, -0.2) is 18.2 Å². The van der Waals surface area contributed by atoms with Crippen molar-refractivity contribution in [2.75, 3.05) is 41.7 Å². The number of carboxylic acid groups (broad SMARTS) is 1. The Labute approximate surface area is 259 Å². The summed E-state index contributed by atoms with van der Waals surface area (Å²) in [4.78, 5) is 33.3. The highest BCUT2D eigenvalue weighted by Gasteiger charge is 2.38. The molecule has 0 atom stereocenters. The normalized spacial score (nSPS) is 17.4. The Bertz CT molecular complexity index is 1750. The van der Waals surface area contributed by atoms with E-state index in [1.807, 2.05) is 36.5 Å². The first-order valence-corrected chi connectivity index (χ1v) is 15.7. The van der Waals surface area contributed by atoms with Crippen molar-refractivity contribution in [3.05, 3.63) is 64.2 Å². The van der Waals surface area contributed by atoms with Crippen LogP contribution in [0.4, 0.5) is 30.2 Å². The van der Waals surface area contributed by atoms with Crippen LogP contribution in [0.1, 0.15) is 12.5 Å². The molecule has 3 aromatic rings. The van der Waals surface area contributed by atoms with Crippen LogP contribution in [-0.4, -0.2) is 73.8 Å². The fraction of sp³-hybridized carbons (Fsp3) is 0.259. The first-order valence-electron chi connectivity index (χ1n) is 12.9. The molecule has 2 aliphatic heterocycles. The summed E-state index contributed by atoms with van der Waals surface area (Å²) in [5.41, 5.74) is 3.52. The number of amides is 1. The molecule has 3 N–H and O–H groups in total. The molecular weight excluding hydrogens is 647 g/mol. The minimum absolute atomic E-state index is 0.0572. The summed E-state index contributed by atoms with van der Waals surface area (Å²) < 4.78 is 63.5. The molecule has 234 valence electrons. The van der Waals surface area contributed by atoms with Crippen LogP contribution < -0.4 is 14.9 Å². The number of thioether (sulfide) groups is 1. The van der Waals surface area contributed by atoms with Crippen LogP contribution in [-0.2, 0) is 24.3 Å². The number of carbonyl (C=O) groups is 2. The molecule has 44 heavy (non-hydrogen) atoms. The van der Waals surface area contributed by atoms with Gasteiger partial charge in [-0.1, -0.05) is 17.7 Å². The van der Waals surface area contributed by atoms with Crippen LogP contribution in [0.5, 0.6) is 0 Å². The van der Waals surface area contributed by atoms with Crippen LogP contribution in [0.15, 0.2) is 58.6 Å². The Hall–Kier alpha value is -3.86. The zero-order valence-electron chi connectivity index (χ0n) is 22.9. The number of carboxylic acids is 1. The van der Waals surface area contributed by atoms with Crippen molar-refractivity contribution in [2.45, 2.75) is 13.1 Å². The third-order valence-electron chi connectivity index (χ3n) is 6.11. The predicted octanol–water partition coefficient (Wildman–Crippen LogP) is 5.01. The zero-order valence-corrected chi connectivity index (χ0v) is 25.3. The molecule has 0 radical (unpaired) electrons. The molecule has 1 aromatic heterocycles. The average molecular weight is 672 g/mol. The van der Waals surface area contributed by atoms with Crippen LogP contribution in [0.3, 0.4) is 0 Å². The third kappa shape index (κ3) is 8.62. The summed E-state index contributed by atoms with van der Waals surface area (Å²) >= 11 is 7.47. The van der Waals surface area contributed by atoms with Crippen molar-refractivity contribution in [1.29, 1.82) is 0 Å². The van der Waals surface area contributed by atoms with Crippen molar-refractivity contribution in [2.24, 2.45) is 4.99 Å². The maximum Gasteiger partial charge on any atom is 0.490 e. The first kappa shape index (κ1) is 33.0. The maximum atomic E-state index is 12.7. The highest BCUT2D eigenvalue weighted by Crippen LogP contribution is 2.34. The second kappa shape index (κ2) is 13.8. The molecule has 1 amide bonds. The predicted molar refractivity (Wildman–Crippen MR) is 164 cm³/mol. The van der Waals surface area contributed by atoms with Gasteiger partial charge in [0, 0.05) is 30.4 Å². The van der Waals surface area contributed by atoms with Gasteiger partial charge in [0.05, 0.1) is 45.8 Å². The number of anilines is 2. The van der Waals surface area contributed by atoms with Gasteiger partial charge in [0.2, 0.25) is 10.0 Å². The van der Waals surface area contributed by atoms with Crippen molar-refractivity contribution in [1.82, 2.24) is 10.3 Å². The Balaban J connectivity index is 0.000000566. The molecule has 2 aliphatic rings. The van der Waals surface area contributed by atoms with Crippen LogP contribution in [0, 0.1) is 0 Å². The van der Waals surface area contributed by atoms with E-state index in [4.69, 9.17) is 26.2 Å². The number of rotatable bonds is 6. The number of halogens is 4. The number of aromatic nitrogens is 1. The number of hydrogen-bond donors (Lipinski definition) is 3. The summed E-state index contributed by atoms with van der Waals surface area (Å²) in [5.74, 6) is -3.09. The molecule has 3 heterocycles. The number of carbonyl (C=O) groups excluding carboxylic acids is 1. The lowest BCUT2D eigenvalue weighted by Crippen LogP contribution is -2.36. The van der Waals surface area contributed by atoms with Crippen molar-refractivity contribution in [3.63, 3.8) is 0 Å². The van der Waals surface area contributed by atoms with E-state index in [2.05, 4.69) is 24.9 Å². The van der Waals surface area contributed by atoms with E-state index in [9.17, 15) is 26.4 Å². The summed E-state index contributed by atoms with van der Waals surface area (Å²) in [6, 6.07) is 12.6. The second-order valence-corrected chi connectivity index (χ2v) is 12.6. The monoisotopic (exact) mass is 671 g/mol. The number of amidine groups is 1. The van der Waals surface area contributed by atoms with Gasteiger partial charge in [0.25, 0.3) is 5.91 Å². The molecule has 2 aromatic carbocycles. The highest BCUT2D eigenvalue weighted by atomic mass is 35.5. The number of nitrogens with zero attached hydrogens (tertiary/aromatic N) is 3. The van der Waals surface area contributed by atoms with Crippen LogP contribution >= 0.6 is 23.4 Å². The average Bonchev–Trinajstić information content (AvgIpc) is 3.32. The summed E-state index contributed by atoms with van der Waals surface area (Å²) in [6.45, 7) is 4.54. The minimum Gasteiger partial charge on any atom is -0.475 e. The molecule has 0 bridgehead atoms. The molecule has 0 unspecified atom stereocenters. The van der Waals surface area contributed by atoms with Crippen LogP contribution in [0.2, 0.25) is 5.02 Å². The van der Waals surface area contributed by atoms with E-state index in [0.717, 1.165) is 35.2 Å². The van der Waals surface area contributed by atoms with Gasteiger partial charge in [-0.2, -0.15) is 13.2 Å². The molecule has 0 saturated carbocycles. The zero-order chi connectivity index (χ0) is 32.1. The van der Waals surface area contributed by atoms with E-state index in [1.165, 1.54) is 17.8 Å². The van der Waals surface area contributed by atoms with E-state index >= 15 is 0 Å². The van der Waals surface area contributed by atoms with E-state index in [1.54, 1.807) is 19.1 Å². The molecule has 2 fully saturated rings. The van der Waals surface area contributed by atoms with Gasteiger partial charge in [-0.3, -0.25) is 14.5 Å². The summed E-state index contributed by atoms with van der Waals surface area (Å²) in [5, 5.41) is 11.6. The lowest BCUT2D eigenvalue weighted by Gasteiger charge is -2.29. The fourth-order valence-electron chi connectivity index (χ4n) is 3.97. The number of alkyl halides is 3. The minimum atomic E-state index is -5.08. The fourth-order valence-corrected chi connectivity index (χ4v) is 5.60. The number of pyridine rings is 1. The number of fused-ring (bicyclic) bond motifs is 1. The van der Waals surface area contributed by atoms with Gasteiger partial charge in [0.15, 0.2) is 5.17 Å². The van der Waals surface area contributed by atoms with E-state index < -0.39 is 22.2 Å². The van der Waals surface area contributed by atoms with E-state index in [-0.39, 0.29) is 11.7 Å². The van der Waals surface area contributed by atoms with Gasteiger partial charge < -0.3 is 20.1 Å². The summed E-state index contributed by atoms with van der Waals surface area (Å²) in [7, 11) is -3.45. The smallest absolute Gasteiger partial charge is 0.475 e. The molecule has 17 heteroatoms. The number of morpholine rings is 1. The van der Waals surface area contributed by atoms with Gasteiger partial charge >= 0.3 is 12.1 Å². The lowest BCUT2D eigenvalue weighted by atomic mass is 10.1. The standard InChI is InChI=1S/C25H24ClN5O4S2.C2HF3O2/c1-2-37(33,34)30-17-4-5-19(26)21(15-17)28-25-29-24(32)23(36-25)14-16-3-6-20-18(13-16)22(7-8-27-20)31-9-11-35-12-10-31;3-2(4,5)1(6)7/h3-8,13-15,30H,2,9-12H2,1H3,(H,28,29,32);(H,6,7). The van der Waals surface area contributed by atoms with Crippen molar-refractivity contribution >= 4 is 84.5 Å². The number of benzene rings is 2. The van der Waals surface area contributed by atoms with Gasteiger partial charge in [-0.05, 0) is 66.7 Å². The Morgan fingerprint density at radius 2 is 1.93 bits per heavy atom. The molecule has 5 rings (SSSR count). The number of hydrogen-bond acceptors (Lipinski definition) is 9. The SMILES string of the molecule is CCS(=O)(=O)Nc1ccc(Cl)c(N=C2NC(=O)C(=Cc3ccc4nccc(N5CCOCC5)c4c3)S2)c1.O=C(O)C(F)(F)F. The summed E-state index contributed by atoms with van der Waals surface area (Å²) in [6.07, 6.45) is -1.47. The van der Waals surface area contributed by atoms with Crippen LogP contribution in [0.25, 0.3) is 17.0 Å². The molecule has 0 aliphatic carbocycles.